The number of carbonyl (C=O) groups excluding carboxylic acids is 2. The molecule has 1 aromatic rings. The number of nitrogens with one attached hydrogen (secondary N) is 1. The van der Waals surface area contributed by atoms with Gasteiger partial charge in [-0.15, -0.1) is 0 Å². The molecule has 1 heterocycles. The predicted octanol–water partition coefficient (Wildman–Crippen LogP) is 0.517. The number of anilines is 1. The van der Waals surface area contributed by atoms with Crippen molar-refractivity contribution in [2.45, 2.75) is 0 Å². The Bertz CT molecular complexity index is 746. The smallest absolute Gasteiger partial charge is 0.358 e. The third kappa shape index (κ3) is 6.15. The molecule has 1 fully saturated rings. The zero-order chi connectivity index (χ0) is 19.3. The number of nitrogens with zero attached hydrogens (tertiary/aromatic N) is 3. The molecule has 0 bridgehead atoms. The molecule has 0 spiro atoms. The van der Waals surface area contributed by atoms with Crippen LogP contribution in [0.1, 0.15) is 0 Å². The quantitative estimate of drug-likeness (QED) is 0.739. The first-order valence-electron chi connectivity index (χ1n) is 7.86. The van der Waals surface area contributed by atoms with Crippen LogP contribution in [0, 0.1) is 0 Å². The molecule has 3 amide bonds. The van der Waals surface area contributed by atoms with E-state index in [2.05, 4.69) is 9.50 Å². The lowest BCUT2D eigenvalue weighted by Crippen LogP contribution is -2.53. The summed E-state index contributed by atoms with van der Waals surface area (Å²) in [5.41, 5.74) is 0.407. The Labute approximate surface area is 151 Å². The van der Waals surface area contributed by atoms with Crippen molar-refractivity contribution < 1.29 is 26.1 Å². The van der Waals surface area contributed by atoms with E-state index in [0.717, 1.165) is 0 Å². The lowest BCUT2D eigenvalue weighted by Gasteiger charge is -2.35. The summed E-state index contributed by atoms with van der Waals surface area (Å²) >= 11 is 0. The third-order valence-electron chi connectivity index (χ3n) is 3.67. The molecule has 11 heteroatoms. The molecule has 0 atom stereocenters. The minimum atomic E-state index is -5.08. The first-order valence-corrected chi connectivity index (χ1v) is 9.17. The number of amides is 3. The molecule has 0 saturated carbocycles. The number of benzene rings is 1. The van der Waals surface area contributed by atoms with Crippen LogP contribution in [0.2, 0.25) is 0 Å². The van der Waals surface area contributed by atoms with Gasteiger partial charge in [-0.2, -0.15) is 8.42 Å². The van der Waals surface area contributed by atoms with Crippen LogP contribution in [0.3, 0.4) is 0 Å². The molecule has 144 valence electrons. The van der Waals surface area contributed by atoms with Gasteiger partial charge in [0.25, 0.3) is 0 Å². The maximum Gasteiger partial charge on any atom is 0.488 e. The number of rotatable bonds is 5. The van der Waals surface area contributed by atoms with Crippen molar-refractivity contribution in [1.82, 2.24) is 14.7 Å². The lowest BCUT2D eigenvalue weighted by atomic mass is 10.3. The largest absolute Gasteiger partial charge is 0.488 e. The molecule has 1 aliphatic rings. The highest BCUT2D eigenvalue weighted by Gasteiger charge is 2.24. The summed E-state index contributed by atoms with van der Waals surface area (Å²) in [4.78, 5) is 29.3. The molecule has 1 aliphatic heterocycles. The molecule has 0 unspecified atom stereocenters. The van der Waals surface area contributed by atoms with Gasteiger partial charge in [0, 0.05) is 31.9 Å². The molecule has 2 rings (SSSR count). The fraction of sp³-hybridized carbons (Fsp3) is 0.467. The second kappa shape index (κ2) is 8.32. The molecule has 1 saturated heterocycles. The highest BCUT2D eigenvalue weighted by atomic mass is 32.3. The number of hydrogen-bond donors (Lipinski definition) is 1. The zero-order valence-corrected chi connectivity index (χ0v) is 15.3. The van der Waals surface area contributed by atoms with E-state index in [-0.39, 0.29) is 17.7 Å². The Kier molecular flexibility index (Phi) is 6.37. The number of urea groups is 1. The molecule has 1 N–H and O–H groups in total. The number of piperazine rings is 1. The van der Waals surface area contributed by atoms with Crippen LogP contribution in [-0.2, 0) is 15.3 Å². The Morgan fingerprint density at radius 2 is 1.65 bits per heavy atom. The van der Waals surface area contributed by atoms with Crippen LogP contribution in [0.4, 0.5) is 14.4 Å². The maximum absolute atomic E-state index is 12.4. The summed E-state index contributed by atoms with van der Waals surface area (Å²) in [6.45, 7) is 2.07. The Morgan fingerprint density at radius 3 is 2.15 bits per heavy atom. The average molecular weight is 388 g/mol. The van der Waals surface area contributed by atoms with Crippen molar-refractivity contribution in [2.24, 2.45) is 0 Å². The van der Waals surface area contributed by atoms with E-state index in [0.29, 0.717) is 38.4 Å². The van der Waals surface area contributed by atoms with Crippen LogP contribution in [0.15, 0.2) is 24.3 Å². The maximum atomic E-state index is 12.4. The molecule has 1 aromatic carbocycles. The van der Waals surface area contributed by atoms with Gasteiger partial charge in [-0.25, -0.2) is 4.79 Å². The summed E-state index contributed by atoms with van der Waals surface area (Å²) in [6.07, 6.45) is 0. The first kappa shape index (κ1) is 19.9. The third-order valence-corrected chi connectivity index (χ3v) is 4.06. The standard InChI is InChI=1S/C15H21FN4O5S/c1-18(2)11-14(21)19-7-9-20(10-8-19)15(22)17-12-3-5-13(6-4-12)25-26(16,23)24/h3-6H,7-11H2,1-2H3,(H,17,22). The molecule has 0 aromatic heterocycles. The highest BCUT2D eigenvalue weighted by Crippen LogP contribution is 2.18. The summed E-state index contributed by atoms with van der Waals surface area (Å²) < 4.78 is 37.3. The van der Waals surface area contributed by atoms with Gasteiger partial charge in [-0.05, 0) is 38.4 Å². The molecule has 26 heavy (non-hydrogen) atoms. The fourth-order valence-corrected chi connectivity index (χ4v) is 2.78. The highest BCUT2D eigenvalue weighted by molar-refractivity contribution is 7.81. The van der Waals surface area contributed by atoms with E-state index in [4.69, 9.17) is 0 Å². The summed E-state index contributed by atoms with van der Waals surface area (Å²) in [5.74, 6) is -0.174. The van der Waals surface area contributed by atoms with Crippen molar-refractivity contribution in [2.75, 3.05) is 52.1 Å². The summed E-state index contributed by atoms with van der Waals surface area (Å²) in [7, 11) is -1.44. The van der Waals surface area contributed by atoms with E-state index in [1.807, 2.05) is 14.1 Å². The van der Waals surface area contributed by atoms with Crippen molar-refractivity contribution in [3.05, 3.63) is 24.3 Å². The predicted molar refractivity (Wildman–Crippen MR) is 92.8 cm³/mol. The van der Waals surface area contributed by atoms with E-state index in [1.54, 1.807) is 14.7 Å². The van der Waals surface area contributed by atoms with Crippen molar-refractivity contribution >= 4 is 28.1 Å². The van der Waals surface area contributed by atoms with Gasteiger partial charge in [0.15, 0.2) is 0 Å². The summed E-state index contributed by atoms with van der Waals surface area (Å²) in [5, 5.41) is 2.65. The van der Waals surface area contributed by atoms with E-state index >= 15 is 0 Å². The van der Waals surface area contributed by atoms with Gasteiger partial charge in [-0.1, -0.05) is 3.89 Å². The first-order chi connectivity index (χ1) is 12.1. The molecular weight excluding hydrogens is 367 g/mol. The summed E-state index contributed by atoms with van der Waals surface area (Å²) in [6, 6.07) is 4.91. The second-order valence-corrected chi connectivity index (χ2v) is 6.99. The number of hydrogen-bond acceptors (Lipinski definition) is 6. The Morgan fingerprint density at radius 1 is 1.12 bits per heavy atom. The fourth-order valence-electron chi connectivity index (χ4n) is 2.44. The molecular formula is C15H21FN4O5S. The van der Waals surface area contributed by atoms with E-state index in [1.165, 1.54) is 24.3 Å². The molecule has 0 radical (unpaired) electrons. The Balaban J connectivity index is 1.84. The van der Waals surface area contributed by atoms with E-state index < -0.39 is 10.5 Å². The molecule has 0 aliphatic carbocycles. The van der Waals surface area contributed by atoms with Crippen molar-refractivity contribution in [3.8, 4) is 5.75 Å². The minimum absolute atomic E-state index is 0.0217. The zero-order valence-electron chi connectivity index (χ0n) is 14.5. The topological polar surface area (TPSA) is 99.3 Å². The van der Waals surface area contributed by atoms with Crippen LogP contribution in [0.25, 0.3) is 0 Å². The number of carbonyl (C=O) groups is 2. The van der Waals surface area contributed by atoms with Crippen LogP contribution in [-0.4, -0.2) is 81.9 Å². The Hall–Kier alpha value is -2.40. The molecule has 9 nitrogen and oxygen atoms in total. The van der Waals surface area contributed by atoms with Gasteiger partial charge < -0.3 is 24.2 Å². The van der Waals surface area contributed by atoms with Gasteiger partial charge in [0.2, 0.25) is 5.91 Å². The average Bonchev–Trinajstić information content (AvgIpc) is 2.55. The normalized spacial score (nSPS) is 15.1. The van der Waals surface area contributed by atoms with Crippen molar-refractivity contribution in [1.29, 1.82) is 0 Å². The van der Waals surface area contributed by atoms with Crippen LogP contribution < -0.4 is 9.50 Å². The lowest BCUT2D eigenvalue weighted by molar-refractivity contribution is -0.133. The number of likely N-dealkylation sites (N-methyl/N-ethyl adjacent to an activating group) is 1. The van der Waals surface area contributed by atoms with Gasteiger partial charge in [0.1, 0.15) is 5.75 Å². The second-order valence-electron chi connectivity index (χ2n) is 6.04. The van der Waals surface area contributed by atoms with E-state index in [9.17, 15) is 21.9 Å². The van der Waals surface area contributed by atoms with Gasteiger partial charge >= 0.3 is 16.5 Å². The minimum Gasteiger partial charge on any atom is -0.358 e. The van der Waals surface area contributed by atoms with Gasteiger partial charge in [0.05, 0.1) is 6.54 Å². The van der Waals surface area contributed by atoms with Crippen LogP contribution >= 0.6 is 0 Å². The SMILES string of the molecule is CN(C)CC(=O)N1CCN(C(=O)Nc2ccc(OS(=O)(=O)F)cc2)CC1. The number of halogens is 1. The van der Waals surface area contributed by atoms with Crippen molar-refractivity contribution in [3.63, 3.8) is 0 Å². The monoisotopic (exact) mass is 388 g/mol. The van der Waals surface area contributed by atoms with Crippen LogP contribution in [0.5, 0.6) is 5.75 Å². The van der Waals surface area contributed by atoms with Gasteiger partial charge in [-0.3, -0.25) is 4.79 Å².